The van der Waals surface area contributed by atoms with E-state index in [4.69, 9.17) is 0 Å². The van der Waals surface area contributed by atoms with Gasteiger partial charge in [-0.2, -0.15) is 0 Å². The molecule has 0 spiro atoms. The molecule has 2 nitrogen and oxygen atoms in total. The van der Waals surface area contributed by atoms with Crippen LogP contribution in [0.1, 0.15) is 24.5 Å². The second kappa shape index (κ2) is 4.98. The molecule has 1 fully saturated rings. The van der Waals surface area contributed by atoms with E-state index in [2.05, 4.69) is 43.0 Å². The Kier molecular flexibility index (Phi) is 3.62. The van der Waals surface area contributed by atoms with Gasteiger partial charge in [-0.15, -0.1) is 0 Å². The molecule has 1 aliphatic rings. The summed E-state index contributed by atoms with van der Waals surface area (Å²) in [4.78, 5) is 2.44. The van der Waals surface area contributed by atoms with E-state index in [1.165, 1.54) is 11.1 Å². The maximum atomic E-state index is 9.68. The fourth-order valence-electron chi connectivity index (χ4n) is 2.43. The molecule has 2 atom stereocenters. The van der Waals surface area contributed by atoms with Gasteiger partial charge in [-0.25, -0.2) is 0 Å². The van der Waals surface area contributed by atoms with Crippen LogP contribution in [0.4, 0.5) is 0 Å². The van der Waals surface area contributed by atoms with Gasteiger partial charge in [-0.1, -0.05) is 36.8 Å². The van der Waals surface area contributed by atoms with Crippen LogP contribution in [-0.4, -0.2) is 29.2 Å². The summed E-state index contributed by atoms with van der Waals surface area (Å²) in [6.07, 6.45) is 0.807. The third kappa shape index (κ3) is 2.83. The van der Waals surface area contributed by atoms with E-state index < -0.39 is 0 Å². The molecule has 0 unspecified atom stereocenters. The summed E-state index contributed by atoms with van der Waals surface area (Å²) in [5, 5.41) is 9.68. The van der Waals surface area contributed by atoms with Crippen LogP contribution in [0.3, 0.4) is 0 Å². The number of rotatable bonds is 2. The Hall–Kier alpha value is -0.860. The van der Waals surface area contributed by atoms with Crippen LogP contribution in [0, 0.1) is 12.8 Å². The van der Waals surface area contributed by atoms with Crippen LogP contribution in [0.2, 0.25) is 0 Å². The van der Waals surface area contributed by atoms with Crippen molar-refractivity contribution in [1.29, 1.82) is 0 Å². The lowest BCUT2D eigenvalue weighted by molar-refractivity contribution is 0.0320. The molecule has 1 saturated heterocycles. The van der Waals surface area contributed by atoms with Crippen molar-refractivity contribution in [3.05, 3.63) is 35.4 Å². The minimum atomic E-state index is -0.103. The maximum Gasteiger partial charge on any atom is 0.0590 e. The van der Waals surface area contributed by atoms with Crippen molar-refractivity contribution in [2.75, 3.05) is 13.1 Å². The Morgan fingerprint density at radius 3 is 2.94 bits per heavy atom. The molecule has 0 amide bonds. The van der Waals surface area contributed by atoms with Crippen LogP contribution in [-0.2, 0) is 6.54 Å². The molecule has 2 heteroatoms. The van der Waals surface area contributed by atoms with Gasteiger partial charge in [-0.3, -0.25) is 4.90 Å². The number of hydrogen-bond donors (Lipinski definition) is 1. The molecule has 0 aromatic heterocycles. The smallest absolute Gasteiger partial charge is 0.0590 e. The molecule has 1 aromatic rings. The summed E-state index contributed by atoms with van der Waals surface area (Å²) in [5.74, 6) is 0.401. The highest BCUT2D eigenvalue weighted by atomic mass is 16.3. The third-order valence-electron chi connectivity index (χ3n) is 3.43. The minimum absolute atomic E-state index is 0.103. The van der Waals surface area contributed by atoms with E-state index in [9.17, 15) is 5.11 Å². The van der Waals surface area contributed by atoms with E-state index in [1.807, 2.05) is 0 Å². The first kappa shape index (κ1) is 11.6. The lowest BCUT2D eigenvalue weighted by Crippen LogP contribution is -2.41. The van der Waals surface area contributed by atoms with Gasteiger partial charge in [0.15, 0.2) is 0 Å². The third-order valence-corrected chi connectivity index (χ3v) is 3.43. The number of likely N-dealkylation sites (tertiary alicyclic amines) is 1. The summed E-state index contributed by atoms with van der Waals surface area (Å²) < 4.78 is 0. The number of aliphatic hydroxyl groups excluding tert-OH is 1. The van der Waals surface area contributed by atoms with Crippen molar-refractivity contribution in [3.8, 4) is 0 Å². The molecule has 1 aromatic carbocycles. The number of aliphatic hydroxyl groups is 1. The largest absolute Gasteiger partial charge is 0.393 e. The number of aryl methyl sites for hydroxylation is 1. The molecule has 1 aliphatic heterocycles. The van der Waals surface area contributed by atoms with Crippen molar-refractivity contribution in [2.45, 2.75) is 32.9 Å². The van der Waals surface area contributed by atoms with E-state index in [0.29, 0.717) is 5.92 Å². The molecule has 0 bridgehead atoms. The molecule has 16 heavy (non-hydrogen) atoms. The van der Waals surface area contributed by atoms with E-state index in [0.717, 1.165) is 26.1 Å². The highest BCUT2D eigenvalue weighted by molar-refractivity contribution is 5.22. The van der Waals surface area contributed by atoms with Gasteiger partial charge in [0.2, 0.25) is 0 Å². The van der Waals surface area contributed by atoms with Gasteiger partial charge in [0.1, 0.15) is 0 Å². The Balaban J connectivity index is 1.95. The average molecular weight is 219 g/mol. The second-order valence-electron chi connectivity index (χ2n) is 5.06. The van der Waals surface area contributed by atoms with Gasteiger partial charge in [0.25, 0.3) is 0 Å². The van der Waals surface area contributed by atoms with Gasteiger partial charge >= 0.3 is 0 Å². The van der Waals surface area contributed by atoms with Gasteiger partial charge in [0, 0.05) is 19.6 Å². The quantitative estimate of drug-likeness (QED) is 0.824. The number of nitrogens with zero attached hydrogens (tertiary/aromatic N) is 1. The zero-order valence-corrected chi connectivity index (χ0v) is 10.2. The minimum Gasteiger partial charge on any atom is -0.393 e. The predicted octanol–water partition coefficient (Wildman–Crippen LogP) is 2.20. The number of hydrogen-bond acceptors (Lipinski definition) is 2. The zero-order chi connectivity index (χ0) is 11.5. The molecule has 1 heterocycles. The standard InChI is InChI=1S/C14H21NO/c1-11-4-3-5-13(8-11)10-15-7-6-14(16)12(2)9-15/h3-5,8,12,14,16H,6-7,9-10H2,1-2H3/t12-,14-/m0/s1. The second-order valence-corrected chi connectivity index (χ2v) is 5.06. The summed E-state index contributed by atoms with van der Waals surface area (Å²) in [6.45, 7) is 7.30. The lowest BCUT2D eigenvalue weighted by Gasteiger charge is -2.34. The molecule has 88 valence electrons. The summed E-state index contributed by atoms with van der Waals surface area (Å²) in [6, 6.07) is 8.68. The van der Waals surface area contributed by atoms with Crippen LogP contribution >= 0.6 is 0 Å². The van der Waals surface area contributed by atoms with Crippen molar-refractivity contribution >= 4 is 0 Å². The van der Waals surface area contributed by atoms with Crippen LogP contribution < -0.4 is 0 Å². The topological polar surface area (TPSA) is 23.5 Å². The Labute approximate surface area is 97.9 Å². The van der Waals surface area contributed by atoms with Crippen LogP contribution in [0.5, 0.6) is 0 Å². The van der Waals surface area contributed by atoms with Crippen molar-refractivity contribution < 1.29 is 5.11 Å². The van der Waals surface area contributed by atoms with Crippen molar-refractivity contribution in [2.24, 2.45) is 5.92 Å². The summed E-state index contributed by atoms with van der Waals surface area (Å²) in [7, 11) is 0. The first-order valence-corrected chi connectivity index (χ1v) is 6.11. The normalized spacial score (nSPS) is 26.9. The molecule has 0 radical (unpaired) electrons. The molecular weight excluding hydrogens is 198 g/mol. The predicted molar refractivity (Wildman–Crippen MR) is 66.2 cm³/mol. The van der Waals surface area contributed by atoms with E-state index in [1.54, 1.807) is 0 Å². The summed E-state index contributed by atoms with van der Waals surface area (Å²) >= 11 is 0. The highest BCUT2D eigenvalue weighted by Gasteiger charge is 2.23. The van der Waals surface area contributed by atoms with Crippen molar-refractivity contribution in [3.63, 3.8) is 0 Å². The average Bonchev–Trinajstić information content (AvgIpc) is 2.24. The number of piperidine rings is 1. The van der Waals surface area contributed by atoms with Gasteiger partial charge in [-0.05, 0) is 24.8 Å². The Bertz CT molecular complexity index is 350. The molecular formula is C14H21NO. The fourth-order valence-corrected chi connectivity index (χ4v) is 2.43. The van der Waals surface area contributed by atoms with E-state index >= 15 is 0 Å². The maximum absolute atomic E-state index is 9.68. The lowest BCUT2D eigenvalue weighted by atomic mass is 9.96. The van der Waals surface area contributed by atoms with E-state index in [-0.39, 0.29) is 6.10 Å². The molecule has 1 N–H and O–H groups in total. The monoisotopic (exact) mass is 219 g/mol. The first-order chi connectivity index (χ1) is 7.65. The first-order valence-electron chi connectivity index (χ1n) is 6.11. The van der Waals surface area contributed by atoms with Gasteiger partial charge in [0.05, 0.1) is 6.10 Å². The van der Waals surface area contributed by atoms with Crippen molar-refractivity contribution in [1.82, 2.24) is 4.90 Å². The van der Waals surface area contributed by atoms with Crippen LogP contribution in [0.25, 0.3) is 0 Å². The highest BCUT2D eigenvalue weighted by Crippen LogP contribution is 2.18. The molecule has 0 saturated carbocycles. The Morgan fingerprint density at radius 2 is 2.25 bits per heavy atom. The Morgan fingerprint density at radius 1 is 1.44 bits per heavy atom. The SMILES string of the molecule is Cc1cccc(CN2CC[C@H](O)[C@@H](C)C2)c1. The van der Waals surface area contributed by atoms with Crippen LogP contribution in [0.15, 0.2) is 24.3 Å². The number of benzene rings is 1. The molecule has 2 rings (SSSR count). The summed E-state index contributed by atoms with van der Waals surface area (Å²) in [5.41, 5.74) is 2.70. The molecule has 0 aliphatic carbocycles. The zero-order valence-electron chi connectivity index (χ0n) is 10.2. The van der Waals surface area contributed by atoms with Gasteiger partial charge < -0.3 is 5.11 Å². The fraction of sp³-hybridized carbons (Fsp3) is 0.571.